The van der Waals surface area contributed by atoms with Gasteiger partial charge in [-0.25, -0.2) is 0 Å². The van der Waals surface area contributed by atoms with Crippen molar-refractivity contribution >= 4 is 5.69 Å². The summed E-state index contributed by atoms with van der Waals surface area (Å²) in [5.74, 6) is 0.478. The van der Waals surface area contributed by atoms with Gasteiger partial charge in [-0.05, 0) is 30.5 Å². The Morgan fingerprint density at radius 2 is 1.84 bits per heavy atom. The van der Waals surface area contributed by atoms with Crippen molar-refractivity contribution in [3.05, 3.63) is 65.2 Å². The maximum absolute atomic E-state index is 9.46. The van der Waals surface area contributed by atoms with E-state index in [0.717, 1.165) is 13.0 Å². The minimum Gasteiger partial charge on any atom is -0.376 e. The molecule has 98 valence electrons. The third kappa shape index (κ3) is 2.36. The molecule has 0 spiro atoms. The number of fused-ring (bicyclic) bond motifs is 1. The molecule has 0 amide bonds. The Labute approximate surface area is 114 Å². The van der Waals surface area contributed by atoms with Gasteiger partial charge in [-0.2, -0.15) is 0 Å². The summed E-state index contributed by atoms with van der Waals surface area (Å²) in [5.41, 5.74) is 5.21. The minimum absolute atomic E-state index is 0.0986. The Morgan fingerprint density at radius 1 is 1.11 bits per heavy atom. The summed E-state index contributed by atoms with van der Waals surface area (Å²) in [7, 11) is 0. The lowest BCUT2D eigenvalue weighted by molar-refractivity contribution is 0.292. The normalized spacial score (nSPS) is 17.6. The lowest BCUT2D eigenvalue weighted by Gasteiger charge is -2.16. The Balaban J connectivity index is 1.85. The van der Waals surface area contributed by atoms with Crippen molar-refractivity contribution in [1.29, 1.82) is 0 Å². The van der Waals surface area contributed by atoms with Gasteiger partial charge in [-0.1, -0.05) is 48.0 Å². The Kier molecular flexibility index (Phi) is 3.26. The van der Waals surface area contributed by atoms with Crippen LogP contribution in [0.3, 0.4) is 0 Å². The van der Waals surface area contributed by atoms with Gasteiger partial charge in [0.05, 0.1) is 0 Å². The van der Waals surface area contributed by atoms with Gasteiger partial charge >= 0.3 is 0 Å². The van der Waals surface area contributed by atoms with E-state index in [2.05, 4.69) is 49.4 Å². The summed E-state index contributed by atoms with van der Waals surface area (Å²) in [6.07, 6.45) is 1.04. The van der Waals surface area contributed by atoms with Crippen LogP contribution in [0, 0.1) is 6.92 Å². The molecule has 0 aliphatic carbocycles. The molecule has 2 heteroatoms. The van der Waals surface area contributed by atoms with Gasteiger partial charge in [0, 0.05) is 18.2 Å². The molecular formula is C17H19NO. The topological polar surface area (TPSA) is 23.5 Å². The second-order valence-corrected chi connectivity index (χ2v) is 5.31. The van der Waals surface area contributed by atoms with Crippen molar-refractivity contribution in [3.8, 4) is 0 Å². The average Bonchev–Trinajstić information content (AvgIpc) is 2.80. The number of benzene rings is 2. The van der Waals surface area contributed by atoms with Crippen molar-refractivity contribution in [1.82, 2.24) is 0 Å². The van der Waals surface area contributed by atoms with Crippen LogP contribution in [0.1, 0.15) is 22.6 Å². The number of hydrogen-bond donors (Lipinski definition) is 1. The van der Waals surface area contributed by atoms with E-state index in [1.54, 1.807) is 0 Å². The third-order valence-electron chi connectivity index (χ3n) is 3.93. The summed E-state index contributed by atoms with van der Waals surface area (Å²) < 4.78 is 0. The predicted octanol–water partition coefficient (Wildman–Crippen LogP) is 3.09. The first-order chi connectivity index (χ1) is 9.28. The first-order valence-electron chi connectivity index (χ1n) is 6.78. The van der Waals surface area contributed by atoms with E-state index in [1.807, 2.05) is 11.0 Å². The molecule has 1 aliphatic heterocycles. The van der Waals surface area contributed by atoms with Crippen LogP contribution in [0.4, 0.5) is 5.69 Å². The number of anilines is 1. The van der Waals surface area contributed by atoms with Crippen molar-refractivity contribution in [2.75, 3.05) is 18.2 Å². The van der Waals surface area contributed by atoms with Gasteiger partial charge in [0.25, 0.3) is 0 Å². The summed E-state index contributed by atoms with van der Waals surface area (Å²) in [6.45, 7) is 3.12. The number of hydrogen-bond acceptors (Lipinski definition) is 2. The molecule has 0 aromatic heterocycles. The lowest BCUT2D eigenvalue weighted by atomic mass is 9.93. The molecule has 2 aromatic rings. The van der Waals surface area contributed by atoms with Crippen molar-refractivity contribution in [3.63, 3.8) is 0 Å². The smallest absolute Gasteiger partial charge is 0.115 e. The largest absolute Gasteiger partial charge is 0.376 e. The van der Waals surface area contributed by atoms with Gasteiger partial charge in [0.2, 0.25) is 0 Å². The molecule has 0 saturated heterocycles. The predicted molar refractivity (Wildman–Crippen MR) is 78.5 cm³/mol. The van der Waals surface area contributed by atoms with Crippen LogP contribution in [0.5, 0.6) is 0 Å². The zero-order valence-electron chi connectivity index (χ0n) is 11.2. The molecule has 2 aromatic carbocycles. The maximum atomic E-state index is 9.46. The summed E-state index contributed by atoms with van der Waals surface area (Å²) in [4.78, 5) is 2.05. The molecule has 3 rings (SSSR count). The minimum atomic E-state index is 0.0986. The molecule has 1 unspecified atom stereocenters. The van der Waals surface area contributed by atoms with E-state index in [1.165, 1.54) is 22.4 Å². The zero-order valence-corrected chi connectivity index (χ0v) is 11.2. The highest BCUT2D eigenvalue weighted by Crippen LogP contribution is 2.37. The van der Waals surface area contributed by atoms with Gasteiger partial charge < -0.3 is 10.0 Å². The van der Waals surface area contributed by atoms with Crippen LogP contribution in [0.15, 0.2) is 48.5 Å². The van der Waals surface area contributed by atoms with E-state index in [4.69, 9.17) is 0 Å². The number of aliphatic hydroxyl groups is 1. The fourth-order valence-corrected chi connectivity index (χ4v) is 2.90. The highest BCUT2D eigenvalue weighted by atomic mass is 16.3. The van der Waals surface area contributed by atoms with E-state index >= 15 is 0 Å². The highest BCUT2D eigenvalue weighted by molar-refractivity contribution is 5.60. The van der Waals surface area contributed by atoms with Crippen LogP contribution in [0.2, 0.25) is 0 Å². The molecule has 0 fully saturated rings. The molecule has 0 bridgehead atoms. The van der Waals surface area contributed by atoms with Crippen LogP contribution in [-0.2, 0) is 6.42 Å². The molecule has 0 radical (unpaired) electrons. The fourth-order valence-electron chi connectivity index (χ4n) is 2.90. The molecule has 1 atom stereocenters. The Hall–Kier alpha value is -1.80. The number of rotatable bonds is 3. The van der Waals surface area contributed by atoms with Crippen LogP contribution >= 0.6 is 0 Å². The maximum Gasteiger partial charge on any atom is 0.115 e. The van der Waals surface area contributed by atoms with Gasteiger partial charge in [-0.3, -0.25) is 0 Å². The van der Waals surface area contributed by atoms with Crippen LogP contribution in [0.25, 0.3) is 0 Å². The van der Waals surface area contributed by atoms with Gasteiger partial charge in [-0.15, -0.1) is 0 Å². The first kappa shape index (κ1) is 12.2. The highest BCUT2D eigenvalue weighted by Gasteiger charge is 2.27. The van der Waals surface area contributed by atoms with Gasteiger partial charge in [0.15, 0.2) is 0 Å². The van der Waals surface area contributed by atoms with Gasteiger partial charge in [0.1, 0.15) is 6.73 Å². The molecule has 19 heavy (non-hydrogen) atoms. The summed E-state index contributed by atoms with van der Waals surface area (Å²) in [5, 5.41) is 9.46. The average molecular weight is 253 g/mol. The Bertz CT molecular complexity index is 562. The van der Waals surface area contributed by atoms with Crippen molar-refractivity contribution < 1.29 is 5.11 Å². The van der Waals surface area contributed by atoms with E-state index < -0.39 is 0 Å². The van der Waals surface area contributed by atoms with E-state index in [0.29, 0.717) is 5.92 Å². The quantitative estimate of drug-likeness (QED) is 0.908. The van der Waals surface area contributed by atoms with Crippen LogP contribution < -0.4 is 4.90 Å². The number of aliphatic hydroxyl groups excluding tert-OH is 1. The van der Waals surface area contributed by atoms with Crippen molar-refractivity contribution in [2.24, 2.45) is 0 Å². The molecule has 0 saturated carbocycles. The number of aryl methyl sites for hydroxylation is 1. The first-order valence-corrected chi connectivity index (χ1v) is 6.78. The molecule has 1 aliphatic rings. The summed E-state index contributed by atoms with van der Waals surface area (Å²) in [6, 6.07) is 17.2. The van der Waals surface area contributed by atoms with Crippen LogP contribution in [-0.4, -0.2) is 18.4 Å². The van der Waals surface area contributed by atoms with E-state index in [9.17, 15) is 5.11 Å². The standard InChI is InChI=1S/C17H19NO/c1-13-6-8-14(9-7-13)10-15-11-18(12-19)17-5-3-2-4-16(15)17/h2-9,15,19H,10-12H2,1H3. The zero-order chi connectivity index (χ0) is 13.2. The molecular weight excluding hydrogens is 234 g/mol. The summed E-state index contributed by atoms with van der Waals surface area (Å²) >= 11 is 0. The van der Waals surface area contributed by atoms with E-state index in [-0.39, 0.29) is 6.73 Å². The molecule has 1 heterocycles. The number of nitrogens with zero attached hydrogens (tertiary/aromatic N) is 1. The second kappa shape index (κ2) is 5.06. The number of para-hydroxylation sites is 1. The molecule has 1 N–H and O–H groups in total. The monoisotopic (exact) mass is 253 g/mol. The second-order valence-electron chi connectivity index (χ2n) is 5.31. The molecule has 2 nitrogen and oxygen atoms in total. The third-order valence-corrected chi connectivity index (χ3v) is 3.93. The SMILES string of the molecule is Cc1ccc(CC2CN(CO)c3ccccc32)cc1. The van der Waals surface area contributed by atoms with Crippen molar-refractivity contribution in [2.45, 2.75) is 19.3 Å². The fraction of sp³-hybridized carbons (Fsp3) is 0.294. The Morgan fingerprint density at radius 3 is 2.58 bits per heavy atom. The lowest BCUT2D eigenvalue weighted by Crippen LogP contribution is -2.23.